The molecule has 0 saturated heterocycles. The molecule has 0 atom stereocenters. The van der Waals surface area contributed by atoms with Gasteiger partial charge in [0.25, 0.3) is 5.91 Å². The first-order valence-electron chi connectivity index (χ1n) is 7.26. The summed E-state index contributed by atoms with van der Waals surface area (Å²) in [6.07, 6.45) is 0. The summed E-state index contributed by atoms with van der Waals surface area (Å²) in [5.41, 5.74) is 0.673. The van der Waals surface area contributed by atoms with E-state index in [0.717, 1.165) is 0 Å². The van der Waals surface area contributed by atoms with E-state index >= 15 is 0 Å². The lowest BCUT2D eigenvalue weighted by Gasteiger charge is -2.18. The Hall–Kier alpha value is -2.91. The van der Waals surface area contributed by atoms with E-state index in [2.05, 4.69) is 0 Å². The molecule has 0 N–H and O–H groups in total. The van der Waals surface area contributed by atoms with E-state index < -0.39 is 24.3 Å². The zero-order chi connectivity index (χ0) is 18.4. The van der Waals surface area contributed by atoms with Gasteiger partial charge < -0.3 is 9.64 Å². The van der Waals surface area contributed by atoms with Crippen molar-refractivity contribution in [2.24, 2.45) is 0 Å². The number of benzene rings is 2. The van der Waals surface area contributed by atoms with E-state index in [9.17, 15) is 14.0 Å². The van der Waals surface area contributed by atoms with Crippen LogP contribution in [-0.4, -0.2) is 30.4 Å². The molecule has 0 saturated carbocycles. The Morgan fingerprint density at radius 3 is 2.68 bits per heavy atom. The van der Waals surface area contributed by atoms with Crippen molar-refractivity contribution in [3.05, 3.63) is 70.0 Å². The van der Waals surface area contributed by atoms with Crippen molar-refractivity contribution in [3.8, 4) is 6.07 Å². The number of rotatable bonds is 5. The number of nitriles is 1. The smallest absolute Gasteiger partial charge is 0.338 e. The van der Waals surface area contributed by atoms with Crippen LogP contribution in [0.2, 0.25) is 5.02 Å². The number of amides is 1. The molecule has 0 aliphatic rings. The second-order valence-corrected chi connectivity index (χ2v) is 5.63. The van der Waals surface area contributed by atoms with Gasteiger partial charge in [-0.1, -0.05) is 23.7 Å². The van der Waals surface area contributed by atoms with Crippen LogP contribution in [0.3, 0.4) is 0 Å². The molecular weight excluding hydrogens is 347 g/mol. The summed E-state index contributed by atoms with van der Waals surface area (Å²) < 4.78 is 18.7. The highest BCUT2D eigenvalue weighted by Crippen LogP contribution is 2.20. The molecule has 0 aliphatic carbocycles. The monoisotopic (exact) mass is 360 g/mol. The number of ether oxygens (including phenoxy) is 1. The van der Waals surface area contributed by atoms with Crippen molar-refractivity contribution in [2.45, 2.75) is 6.54 Å². The summed E-state index contributed by atoms with van der Waals surface area (Å²) in [5, 5.41) is 9.03. The van der Waals surface area contributed by atoms with Crippen LogP contribution >= 0.6 is 11.6 Å². The Labute approximate surface area is 149 Å². The minimum Gasteiger partial charge on any atom is -0.452 e. The molecule has 0 bridgehead atoms. The molecule has 0 unspecified atom stereocenters. The fourth-order valence-corrected chi connectivity index (χ4v) is 2.27. The molecule has 0 spiro atoms. The molecular formula is C18H14ClFN2O3. The van der Waals surface area contributed by atoms with Gasteiger partial charge in [-0.15, -0.1) is 0 Å². The van der Waals surface area contributed by atoms with Gasteiger partial charge in [0.15, 0.2) is 6.61 Å². The Morgan fingerprint density at radius 2 is 2.00 bits per heavy atom. The number of hydrogen-bond donors (Lipinski definition) is 0. The van der Waals surface area contributed by atoms with Crippen molar-refractivity contribution in [1.29, 1.82) is 5.26 Å². The summed E-state index contributed by atoms with van der Waals surface area (Å²) in [6.45, 7) is -0.552. The molecule has 2 rings (SSSR count). The van der Waals surface area contributed by atoms with Crippen molar-refractivity contribution in [1.82, 2.24) is 4.90 Å². The Morgan fingerprint density at radius 1 is 1.28 bits per heavy atom. The van der Waals surface area contributed by atoms with Crippen molar-refractivity contribution in [3.63, 3.8) is 0 Å². The van der Waals surface area contributed by atoms with E-state index in [4.69, 9.17) is 21.6 Å². The van der Waals surface area contributed by atoms with E-state index in [1.54, 1.807) is 12.1 Å². The van der Waals surface area contributed by atoms with E-state index in [1.165, 1.54) is 42.3 Å². The Balaban J connectivity index is 1.95. The summed E-state index contributed by atoms with van der Waals surface area (Å²) in [6, 6.07) is 12.1. The van der Waals surface area contributed by atoms with Crippen molar-refractivity contribution >= 4 is 23.5 Å². The van der Waals surface area contributed by atoms with Crippen LogP contribution in [0.1, 0.15) is 21.5 Å². The highest BCUT2D eigenvalue weighted by molar-refractivity contribution is 6.31. The number of likely N-dealkylation sites (N-methyl/N-ethyl adjacent to an activating group) is 1. The lowest BCUT2D eigenvalue weighted by Crippen LogP contribution is -2.31. The second kappa shape index (κ2) is 8.27. The number of carbonyl (C=O) groups is 2. The second-order valence-electron chi connectivity index (χ2n) is 5.22. The Kier molecular flexibility index (Phi) is 6.09. The van der Waals surface area contributed by atoms with Crippen LogP contribution in [0, 0.1) is 17.1 Å². The molecule has 0 aliphatic heterocycles. The zero-order valence-corrected chi connectivity index (χ0v) is 14.1. The summed E-state index contributed by atoms with van der Waals surface area (Å²) in [5.74, 6) is -1.75. The highest BCUT2D eigenvalue weighted by Gasteiger charge is 2.16. The van der Waals surface area contributed by atoms with Crippen molar-refractivity contribution < 1.29 is 18.7 Å². The van der Waals surface area contributed by atoms with Crippen LogP contribution in [0.4, 0.5) is 4.39 Å². The van der Waals surface area contributed by atoms with E-state index in [1.807, 2.05) is 6.07 Å². The largest absolute Gasteiger partial charge is 0.452 e. The first kappa shape index (κ1) is 18.4. The van der Waals surface area contributed by atoms with Gasteiger partial charge in [0, 0.05) is 24.2 Å². The van der Waals surface area contributed by atoms with E-state index in [0.29, 0.717) is 5.56 Å². The summed E-state index contributed by atoms with van der Waals surface area (Å²) >= 11 is 5.92. The SMILES string of the molecule is CN(Cc1c(F)cccc1Cl)C(=O)COC(=O)c1cccc(C#N)c1. The quantitative estimate of drug-likeness (QED) is 0.768. The normalized spacial score (nSPS) is 10.0. The molecule has 1 amide bonds. The lowest BCUT2D eigenvalue weighted by atomic mass is 10.1. The van der Waals surface area contributed by atoms with Crippen LogP contribution in [0.25, 0.3) is 0 Å². The first-order valence-corrected chi connectivity index (χ1v) is 7.64. The van der Waals surface area contributed by atoms with E-state index in [-0.39, 0.29) is 22.7 Å². The average molecular weight is 361 g/mol. The topological polar surface area (TPSA) is 70.4 Å². The van der Waals surface area contributed by atoms with Crippen LogP contribution in [0.15, 0.2) is 42.5 Å². The molecule has 5 nitrogen and oxygen atoms in total. The van der Waals surface area contributed by atoms with Crippen LogP contribution in [0.5, 0.6) is 0 Å². The molecule has 0 fully saturated rings. The van der Waals surface area contributed by atoms with Gasteiger partial charge in [-0.3, -0.25) is 4.79 Å². The van der Waals surface area contributed by atoms with Gasteiger partial charge in [0.05, 0.1) is 17.2 Å². The first-order chi connectivity index (χ1) is 11.9. The predicted molar refractivity (Wildman–Crippen MR) is 89.3 cm³/mol. The third-order valence-electron chi connectivity index (χ3n) is 3.44. The lowest BCUT2D eigenvalue weighted by molar-refractivity contribution is -0.133. The van der Waals surface area contributed by atoms with Gasteiger partial charge in [-0.25, -0.2) is 9.18 Å². The maximum atomic E-state index is 13.7. The number of carbonyl (C=O) groups excluding carboxylic acids is 2. The molecule has 128 valence electrons. The maximum absolute atomic E-state index is 13.7. The van der Waals surface area contributed by atoms with Gasteiger partial charge in [-0.2, -0.15) is 5.26 Å². The van der Waals surface area contributed by atoms with Crippen LogP contribution < -0.4 is 0 Å². The van der Waals surface area contributed by atoms with Crippen molar-refractivity contribution in [2.75, 3.05) is 13.7 Å². The third kappa shape index (κ3) is 4.78. The van der Waals surface area contributed by atoms with Crippen LogP contribution in [-0.2, 0) is 16.1 Å². The fourth-order valence-electron chi connectivity index (χ4n) is 2.05. The number of hydrogen-bond acceptors (Lipinski definition) is 4. The maximum Gasteiger partial charge on any atom is 0.338 e. The molecule has 0 radical (unpaired) electrons. The minimum atomic E-state index is -0.720. The Bertz CT molecular complexity index is 828. The average Bonchev–Trinajstić information content (AvgIpc) is 2.62. The summed E-state index contributed by atoms with van der Waals surface area (Å²) in [7, 11) is 1.45. The molecule has 0 heterocycles. The molecule has 25 heavy (non-hydrogen) atoms. The number of nitrogens with zero attached hydrogens (tertiary/aromatic N) is 2. The molecule has 0 aromatic heterocycles. The summed E-state index contributed by atoms with van der Waals surface area (Å²) in [4.78, 5) is 25.2. The molecule has 7 heteroatoms. The van der Waals surface area contributed by atoms with Gasteiger partial charge in [-0.05, 0) is 30.3 Å². The molecule has 2 aromatic carbocycles. The van der Waals surface area contributed by atoms with Gasteiger partial charge in [0.1, 0.15) is 5.82 Å². The number of esters is 1. The van der Waals surface area contributed by atoms with Gasteiger partial charge >= 0.3 is 5.97 Å². The standard InChI is InChI=1S/C18H14ClFN2O3/c1-22(10-14-15(19)6-3-7-16(14)20)17(23)11-25-18(24)13-5-2-4-12(8-13)9-21/h2-8H,10-11H2,1H3. The third-order valence-corrected chi connectivity index (χ3v) is 3.79. The minimum absolute atomic E-state index is 0.0498. The molecule has 2 aromatic rings. The fraction of sp³-hybridized carbons (Fsp3) is 0.167. The predicted octanol–water partition coefficient (Wildman–Crippen LogP) is 3.17. The number of halogens is 2. The highest BCUT2D eigenvalue weighted by atomic mass is 35.5. The van der Waals surface area contributed by atoms with Gasteiger partial charge in [0.2, 0.25) is 0 Å². The zero-order valence-electron chi connectivity index (χ0n) is 13.3.